The van der Waals surface area contributed by atoms with Gasteiger partial charge < -0.3 is 25.1 Å². The molecule has 0 bridgehead atoms. The summed E-state index contributed by atoms with van der Waals surface area (Å²) < 4.78 is 5.23. The number of fused-ring (bicyclic) bond motifs is 1. The maximum atomic E-state index is 11.2. The van der Waals surface area contributed by atoms with Gasteiger partial charge in [0.05, 0.1) is 16.8 Å². The molecule has 1 aromatic carbocycles. The molecule has 5 aromatic rings. The summed E-state index contributed by atoms with van der Waals surface area (Å²) in [4.78, 5) is 27.7. The van der Waals surface area contributed by atoms with Gasteiger partial charge in [-0.2, -0.15) is 0 Å². The largest absolute Gasteiger partial charge is 0.465 e. The number of aliphatic hydroxyl groups is 1. The molecule has 0 fully saturated rings. The minimum absolute atomic E-state index is 0.179. The van der Waals surface area contributed by atoms with Crippen molar-refractivity contribution in [1.29, 1.82) is 0 Å². The van der Waals surface area contributed by atoms with E-state index in [1.807, 2.05) is 12.1 Å². The van der Waals surface area contributed by atoms with Crippen LogP contribution in [0.15, 0.2) is 71.6 Å². The Morgan fingerprint density at radius 3 is 2.71 bits per heavy atom. The van der Waals surface area contributed by atoms with E-state index in [2.05, 4.69) is 30.6 Å². The molecule has 1 unspecified atom stereocenters. The number of imidazole rings is 1. The van der Waals surface area contributed by atoms with Gasteiger partial charge in [0, 0.05) is 41.7 Å². The lowest BCUT2D eigenvalue weighted by Gasteiger charge is -2.13. The van der Waals surface area contributed by atoms with Crippen LogP contribution in [0.4, 0.5) is 11.5 Å². The second-order valence-corrected chi connectivity index (χ2v) is 7.96. The fourth-order valence-corrected chi connectivity index (χ4v) is 3.68. The number of carbonyl (C=O) groups is 1. The molecule has 0 aliphatic rings. The van der Waals surface area contributed by atoms with Crippen LogP contribution >= 0.6 is 11.6 Å². The zero-order valence-electron chi connectivity index (χ0n) is 17.9. The van der Waals surface area contributed by atoms with E-state index in [0.717, 1.165) is 16.6 Å². The second-order valence-electron chi connectivity index (χ2n) is 7.55. The number of anilines is 2. The maximum absolute atomic E-state index is 11.2. The van der Waals surface area contributed by atoms with Gasteiger partial charge in [0.2, 0.25) is 5.91 Å². The van der Waals surface area contributed by atoms with Gasteiger partial charge >= 0.3 is 0 Å². The summed E-state index contributed by atoms with van der Waals surface area (Å²) in [6, 6.07) is 14.2. The molecule has 1 atom stereocenters. The third-order valence-electron chi connectivity index (χ3n) is 5.08. The van der Waals surface area contributed by atoms with Gasteiger partial charge in [-0.05, 0) is 48.5 Å². The zero-order chi connectivity index (χ0) is 23.7. The summed E-state index contributed by atoms with van der Waals surface area (Å²) in [5.74, 6) is 1.24. The molecular weight excluding hydrogens is 456 g/mol. The first-order valence-electron chi connectivity index (χ1n) is 10.3. The minimum Gasteiger partial charge on any atom is -0.465 e. The van der Waals surface area contributed by atoms with Crippen LogP contribution in [-0.4, -0.2) is 30.9 Å². The highest BCUT2D eigenvalue weighted by Crippen LogP contribution is 2.32. The highest BCUT2D eigenvalue weighted by Gasteiger charge is 2.15. The molecule has 0 saturated carbocycles. The Morgan fingerprint density at radius 1 is 1.12 bits per heavy atom. The lowest BCUT2D eigenvalue weighted by atomic mass is 10.1. The number of amides is 1. The van der Waals surface area contributed by atoms with Crippen molar-refractivity contribution in [3.8, 4) is 22.5 Å². The average Bonchev–Trinajstić information content (AvgIpc) is 3.50. The number of hydrogen-bond donors (Lipinski definition) is 4. The zero-order valence-corrected chi connectivity index (χ0v) is 18.7. The summed E-state index contributed by atoms with van der Waals surface area (Å²) in [6.45, 7) is 1.43. The number of carbonyl (C=O) groups excluding carboxylic acids is 1. The summed E-state index contributed by atoms with van der Waals surface area (Å²) >= 11 is 6.44. The van der Waals surface area contributed by atoms with Gasteiger partial charge in [-0.1, -0.05) is 11.6 Å². The number of pyridine rings is 2. The SMILES string of the molecule is CC(=O)Nc1ccc(-c2cnc3nc(-c4cc(NC(O)c5ccco5)ccc4Cl)[nH]c3c2)cn1. The molecule has 0 radical (unpaired) electrons. The van der Waals surface area contributed by atoms with Gasteiger partial charge in [-0.3, -0.25) is 4.79 Å². The Morgan fingerprint density at radius 2 is 1.97 bits per heavy atom. The highest BCUT2D eigenvalue weighted by atomic mass is 35.5. The first kappa shape index (κ1) is 21.6. The summed E-state index contributed by atoms with van der Waals surface area (Å²) in [5.41, 5.74) is 4.24. The fourth-order valence-electron chi connectivity index (χ4n) is 3.48. The van der Waals surface area contributed by atoms with Gasteiger partial charge in [0.1, 0.15) is 11.6 Å². The quantitative estimate of drug-likeness (QED) is 0.255. The number of aromatic nitrogens is 4. The van der Waals surface area contributed by atoms with Gasteiger partial charge in [0.15, 0.2) is 17.6 Å². The Hall–Kier alpha value is -4.21. The Bertz CT molecular complexity index is 1460. The van der Waals surface area contributed by atoms with Crippen LogP contribution < -0.4 is 10.6 Å². The number of aliphatic hydroxyl groups excluding tert-OH is 1. The third-order valence-corrected chi connectivity index (χ3v) is 5.41. The molecule has 4 heterocycles. The number of hydrogen-bond acceptors (Lipinski definition) is 7. The number of nitrogens with one attached hydrogen (secondary N) is 3. The standard InChI is InChI=1S/C24H19ClN6O3/c1-13(32)28-21-7-4-14(11-26-21)15-9-19-23(27-12-15)31-22(30-19)17-10-16(5-6-18(17)25)29-24(33)20-3-2-8-34-20/h2-12,24,29,33H,1H3,(H,26,28,32)(H,27,30,31). The average molecular weight is 475 g/mol. The van der Waals surface area contributed by atoms with Crippen LogP contribution in [0, 0.1) is 0 Å². The molecule has 10 heteroatoms. The predicted molar refractivity (Wildman–Crippen MR) is 129 cm³/mol. The molecule has 9 nitrogen and oxygen atoms in total. The van der Waals surface area contributed by atoms with E-state index in [4.69, 9.17) is 16.0 Å². The van der Waals surface area contributed by atoms with Crippen LogP contribution in [0.3, 0.4) is 0 Å². The van der Waals surface area contributed by atoms with Crippen LogP contribution in [0.1, 0.15) is 18.9 Å². The number of aromatic amines is 1. The van der Waals surface area contributed by atoms with Crippen molar-refractivity contribution < 1.29 is 14.3 Å². The number of halogens is 1. The normalized spacial score (nSPS) is 12.0. The Balaban J connectivity index is 1.43. The number of furan rings is 1. The lowest BCUT2D eigenvalue weighted by Crippen LogP contribution is -2.08. The van der Waals surface area contributed by atoms with Gasteiger partial charge in [-0.25, -0.2) is 15.0 Å². The molecular formula is C24H19ClN6O3. The van der Waals surface area contributed by atoms with Crippen molar-refractivity contribution in [1.82, 2.24) is 19.9 Å². The van der Waals surface area contributed by atoms with Crippen molar-refractivity contribution in [3.05, 3.63) is 78.0 Å². The van der Waals surface area contributed by atoms with Crippen LogP contribution in [0.5, 0.6) is 0 Å². The molecule has 34 heavy (non-hydrogen) atoms. The maximum Gasteiger partial charge on any atom is 0.222 e. The van der Waals surface area contributed by atoms with Crippen molar-refractivity contribution >= 4 is 40.2 Å². The second kappa shape index (κ2) is 8.97. The number of rotatable bonds is 6. The molecule has 170 valence electrons. The molecule has 5 rings (SSSR count). The van der Waals surface area contributed by atoms with Crippen LogP contribution in [0.2, 0.25) is 5.02 Å². The number of benzene rings is 1. The van der Waals surface area contributed by atoms with E-state index in [-0.39, 0.29) is 5.91 Å². The first-order valence-corrected chi connectivity index (χ1v) is 10.7. The predicted octanol–water partition coefficient (Wildman–Crippen LogP) is 4.99. The van der Waals surface area contributed by atoms with Crippen molar-refractivity contribution in [2.45, 2.75) is 13.2 Å². The molecule has 1 amide bonds. The van der Waals surface area contributed by atoms with E-state index in [1.54, 1.807) is 48.8 Å². The molecule has 0 saturated heterocycles. The smallest absolute Gasteiger partial charge is 0.222 e. The summed E-state index contributed by atoms with van der Waals surface area (Å²) in [7, 11) is 0. The number of H-pyrrole nitrogens is 1. The van der Waals surface area contributed by atoms with Crippen molar-refractivity contribution in [3.63, 3.8) is 0 Å². The molecule has 0 aliphatic heterocycles. The summed E-state index contributed by atoms with van der Waals surface area (Å²) in [5, 5.41) is 16.4. The third kappa shape index (κ3) is 4.47. The van der Waals surface area contributed by atoms with E-state index in [9.17, 15) is 9.90 Å². The fraction of sp³-hybridized carbons (Fsp3) is 0.0833. The van der Waals surface area contributed by atoms with Gasteiger partial charge in [0.25, 0.3) is 0 Å². The van der Waals surface area contributed by atoms with E-state index < -0.39 is 6.23 Å². The van der Waals surface area contributed by atoms with Crippen LogP contribution in [-0.2, 0) is 4.79 Å². The monoisotopic (exact) mass is 474 g/mol. The highest BCUT2D eigenvalue weighted by molar-refractivity contribution is 6.33. The van der Waals surface area contributed by atoms with E-state index in [0.29, 0.717) is 39.3 Å². The van der Waals surface area contributed by atoms with E-state index in [1.165, 1.54) is 13.2 Å². The Labute approximate surface area is 198 Å². The number of nitrogens with zero attached hydrogens (tertiary/aromatic N) is 3. The summed E-state index contributed by atoms with van der Waals surface area (Å²) in [6.07, 6.45) is 3.87. The van der Waals surface area contributed by atoms with Crippen molar-refractivity contribution in [2.24, 2.45) is 0 Å². The van der Waals surface area contributed by atoms with Crippen LogP contribution in [0.25, 0.3) is 33.7 Å². The Kier molecular flexibility index (Phi) is 5.70. The molecule has 4 N–H and O–H groups in total. The topological polar surface area (TPSA) is 129 Å². The first-order chi connectivity index (χ1) is 16.5. The van der Waals surface area contributed by atoms with E-state index >= 15 is 0 Å². The molecule has 0 spiro atoms. The van der Waals surface area contributed by atoms with Gasteiger partial charge in [-0.15, -0.1) is 0 Å². The molecule has 4 aromatic heterocycles. The molecule has 0 aliphatic carbocycles. The lowest BCUT2D eigenvalue weighted by molar-refractivity contribution is -0.114. The minimum atomic E-state index is -1.01. The van der Waals surface area contributed by atoms with Crippen molar-refractivity contribution in [2.75, 3.05) is 10.6 Å².